The molecule has 0 spiro atoms. The van der Waals surface area contributed by atoms with Gasteiger partial charge in [0, 0.05) is 19.1 Å². The second-order valence-electron chi connectivity index (χ2n) is 11.4. The zero-order chi connectivity index (χ0) is 30.7. The predicted molar refractivity (Wildman–Crippen MR) is 156 cm³/mol. The number of rotatable bonds is 13. The molecule has 11 nitrogen and oxygen atoms in total. The summed E-state index contributed by atoms with van der Waals surface area (Å²) in [6.07, 6.45) is 1.32. The number of ether oxygens (including phenoxy) is 1. The average Bonchev–Trinajstić information content (AvgIpc) is 3.37. The van der Waals surface area contributed by atoms with Crippen LogP contribution in [0.3, 0.4) is 0 Å². The van der Waals surface area contributed by atoms with E-state index in [1.54, 1.807) is 32.6 Å². The standard InChI is InChI=1S/C29H44ClN5O6/c1-18(32-26(38)19(2)34-28(40)41-29(4,5)6)25(37)33-20(3)27(39)35-14-10-13-22(35)17-31-23(24(36)16-30)15-21-11-8-7-9-12-21/h7-9,11-12,18-20,22-23,31H,10,13-17H2,1-6H3,(H,32,38)(H,33,37)(H,34,40). The predicted octanol–water partition coefficient (Wildman–Crippen LogP) is 1.91. The van der Waals surface area contributed by atoms with Crippen molar-refractivity contribution in [2.45, 2.75) is 96.6 Å². The number of amides is 4. The van der Waals surface area contributed by atoms with Crippen LogP contribution in [0.5, 0.6) is 0 Å². The fourth-order valence-electron chi connectivity index (χ4n) is 4.46. The maximum Gasteiger partial charge on any atom is 0.408 e. The molecule has 1 heterocycles. The molecule has 1 aromatic rings. The average molecular weight is 594 g/mol. The van der Waals surface area contributed by atoms with E-state index in [1.807, 2.05) is 30.3 Å². The molecule has 0 aromatic heterocycles. The van der Waals surface area contributed by atoms with E-state index in [0.29, 0.717) is 19.5 Å². The molecule has 1 aromatic carbocycles. The molecule has 0 bridgehead atoms. The third-order valence-corrected chi connectivity index (χ3v) is 6.93. The number of benzene rings is 1. The summed E-state index contributed by atoms with van der Waals surface area (Å²) in [7, 11) is 0. The number of ketones is 1. The molecule has 0 radical (unpaired) electrons. The van der Waals surface area contributed by atoms with Gasteiger partial charge in [0.15, 0.2) is 5.78 Å². The fourth-order valence-corrected chi connectivity index (χ4v) is 4.65. The lowest BCUT2D eigenvalue weighted by Crippen LogP contribution is -2.56. The van der Waals surface area contributed by atoms with Crippen LogP contribution in [0.15, 0.2) is 30.3 Å². The number of Topliss-reactive ketones (excluding diaryl/α,β-unsaturated/α-hetero) is 1. The first-order valence-corrected chi connectivity index (χ1v) is 14.5. The van der Waals surface area contributed by atoms with Crippen molar-refractivity contribution in [1.82, 2.24) is 26.2 Å². The van der Waals surface area contributed by atoms with Crippen LogP contribution in [0.2, 0.25) is 0 Å². The first-order chi connectivity index (χ1) is 19.2. The first-order valence-electron chi connectivity index (χ1n) is 14.0. The number of alkyl carbamates (subject to hydrolysis) is 1. The molecule has 0 saturated carbocycles. The minimum Gasteiger partial charge on any atom is -0.444 e. The minimum absolute atomic E-state index is 0.106. The van der Waals surface area contributed by atoms with Crippen molar-refractivity contribution in [3.05, 3.63) is 35.9 Å². The Labute approximate surface area is 247 Å². The summed E-state index contributed by atoms with van der Waals surface area (Å²) in [5.74, 6) is -1.57. The molecule has 1 aliphatic heterocycles. The van der Waals surface area contributed by atoms with Gasteiger partial charge in [0.05, 0.1) is 11.9 Å². The van der Waals surface area contributed by atoms with E-state index < -0.39 is 47.7 Å². The van der Waals surface area contributed by atoms with Crippen LogP contribution in [0.4, 0.5) is 4.79 Å². The van der Waals surface area contributed by atoms with Crippen LogP contribution >= 0.6 is 11.6 Å². The third-order valence-electron chi connectivity index (χ3n) is 6.67. The van der Waals surface area contributed by atoms with E-state index in [9.17, 15) is 24.0 Å². The Morgan fingerprint density at radius 2 is 1.54 bits per heavy atom. The van der Waals surface area contributed by atoms with Crippen LogP contribution in [0, 0.1) is 0 Å². The van der Waals surface area contributed by atoms with Gasteiger partial charge in [0.25, 0.3) is 0 Å². The van der Waals surface area contributed by atoms with Crippen molar-refractivity contribution in [2.75, 3.05) is 19.0 Å². The quantitative estimate of drug-likeness (QED) is 0.256. The number of carbonyl (C=O) groups excluding carboxylic acids is 5. The summed E-state index contributed by atoms with van der Waals surface area (Å²) in [5.41, 5.74) is 0.293. The zero-order valence-corrected chi connectivity index (χ0v) is 25.5. The Balaban J connectivity index is 1.88. The summed E-state index contributed by atoms with van der Waals surface area (Å²) in [5, 5.41) is 10.9. The molecular formula is C29H44ClN5O6. The van der Waals surface area contributed by atoms with Crippen molar-refractivity contribution in [1.29, 1.82) is 0 Å². The molecule has 5 unspecified atom stereocenters. The van der Waals surface area contributed by atoms with Crippen LogP contribution in [-0.2, 0) is 30.3 Å². The summed E-state index contributed by atoms with van der Waals surface area (Å²) in [6.45, 7) is 10.6. The molecule has 2 rings (SSSR count). The molecule has 41 heavy (non-hydrogen) atoms. The molecule has 1 aliphatic rings. The highest BCUT2D eigenvalue weighted by Gasteiger charge is 2.33. The Hall–Kier alpha value is -3.18. The number of likely N-dealkylation sites (tertiary alicyclic amines) is 1. The molecule has 4 N–H and O–H groups in total. The SMILES string of the molecule is CC(NC(=O)OC(C)(C)C)C(=O)NC(C)C(=O)NC(C)C(=O)N1CCCC1CNC(Cc1ccccc1)C(=O)CCl. The second kappa shape index (κ2) is 15.7. The molecule has 5 atom stereocenters. The van der Waals surface area contributed by atoms with Gasteiger partial charge in [-0.3, -0.25) is 19.2 Å². The number of nitrogens with one attached hydrogen (secondary N) is 4. The van der Waals surface area contributed by atoms with Gasteiger partial charge in [-0.15, -0.1) is 11.6 Å². The Morgan fingerprint density at radius 3 is 2.12 bits per heavy atom. The highest BCUT2D eigenvalue weighted by molar-refractivity contribution is 6.28. The van der Waals surface area contributed by atoms with Crippen molar-refractivity contribution in [3.63, 3.8) is 0 Å². The molecular weight excluding hydrogens is 550 g/mol. The zero-order valence-electron chi connectivity index (χ0n) is 24.8. The highest BCUT2D eigenvalue weighted by atomic mass is 35.5. The summed E-state index contributed by atoms with van der Waals surface area (Å²) in [6, 6.07) is 6.32. The van der Waals surface area contributed by atoms with E-state index in [0.717, 1.165) is 18.4 Å². The summed E-state index contributed by atoms with van der Waals surface area (Å²) >= 11 is 5.85. The highest BCUT2D eigenvalue weighted by Crippen LogP contribution is 2.18. The molecule has 228 valence electrons. The number of alkyl halides is 1. The van der Waals surface area contributed by atoms with Crippen LogP contribution in [0.25, 0.3) is 0 Å². The maximum absolute atomic E-state index is 13.3. The van der Waals surface area contributed by atoms with Gasteiger partial charge < -0.3 is 30.9 Å². The second-order valence-corrected chi connectivity index (χ2v) is 11.7. The van der Waals surface area contributed by atoms with Gasteiger partial charge in [-0.25, -0.2) is 4.79 Å². The molecule has 0 aliphatic carbocycles. The van der Waals surface area contributed by atoms with Crippen molar-refractivity contribution in [3.8, 4) is 0 Å². The van der Waals surface area contributed by atoms with Gasteiger partial charge in [0.2, 0.25) is 17.7 Å². The van der Waals surface area contributed by atoms with E-state index in [1.165, 1.54) is 13.8 Å². The molecule has 12 heteroatoms. The van der Waals surface area contributed by atoms with Crippen LogP contribution in [0.1, 0.15) is 59.9 Å². The Kier molecular flexibility index (Phi) is 13.0. The van der Waals surface area contributed by atoms with E-state index in [2.05, 4.69) is 21.3 Å². The van der Waals surface area contributed by atoms with Crippen molar-refractivity contribution < 1.29 is 28.7 Å². The Morgan fingerprint density at radius 1 is 0.951 bits per heavy atom. The first kappa shape index (κ1) is 34.0. The van der Waals surface area contributed by atoms with Gasteiger partial charge in [-0.2, -0.15) is 0 Å². The molecule has 1 saturated heterocycles. The number of halogens is 1. The monoisotopic (exact) mass is 593 g/mol. The number of carbonyl (C=O) groups is 5. The normalized spacial score (nSPS) is 18.0. The topological polar surface area (TPSA) is 146 Å². The lowest BCUT2D eigenvalue weighted by atomic mass is 10.0. The Bertz CT molecular complexity index is 1060. The fraction of sp³-hybridized carbons (Fsp3) is 0.621. The van der Waals surface area contributed by atoms with Crippen LogP contribution < -0.4 is 21.3 Å². The largest absolute Gasteiger partial charge is 0.444 e. The van der Waals surface area contributed by atoms with Gasteiger partial charge in [-0.05, 0) is 66.4 Å². The smallest absolute Gasteiger partial charge is 0.408 e. The summed E-state index contributed by atoms with van der Waals surface area (Å²) < 4.78 is 5.14. The maximum atomic E-state index is 13.3. The van der Waals surface area contributed by atoms with E-state index >= 15 is 0 Å². The lowest BCUT2D eigenvalue weighted by Gasteiger charge is -2.30. The summed E-state index contributed by atoms with van der Waals surface area (Å²) in [4.78, 5) is 64.6. The number of hydrogen-bond donors (Lipinski definition) is 4. The molecule has 4 amide bonds. The molecule has 1 fully saturated rings. The minimum atomic E-state index is -0.947. The van der Waals surface area contributed by atoms with Gasteiger partial charge >= 0.3 is 6.09 Å². The van der Waals surface area contributed by atoms with Gasteiger partial charge in [-0.1, -0.05) is 30.3 Å². The van der Waals surface area contributed by atoms with Crippen LogP contribution in [-0.4, -0.2) is 89.3 Å². The van der Waals surface area contributed by atoms with E-state index in [4.69, 9.17) is 16.3 Å². The third kappa shape index (κ3) is 11.3. The van der Waals surface area contributed by atoms with Gasteiger partial charge in [0.1, 0.15) is 23.7 Å². The van der Waals surface area contributed by atoms with Crippen molar-refractivity contribution >= 4 is 41.2 Å². The van der Waals surface area contributed by atoms with Crippen molar-refractivity contribution in [2.24, 2.45) is 0 Å². The number of hydrogen-bond acceptors (Lipinski definition) is 7. The van der Waals surface area contributed by atoms with E-state index in [-0.39, 0.29) is 23.6 Å². The number of nitrogens with zero attached hydrogens (tertiary/aromatic N) is 1. The lowest BCUT2D eigenvalue weighted by molar-refractivity contribution is -0.137.